The van der Waals surface area contributed by atoms with E-state index in [1.54, 1.807) is 11.1 Å². The summed E-state index contributed by atoms with van der Waals surface area (Å²) < 4.78 is 9.81. The third-order valence-electron chi connectivity index (χ3n) is 2.63. The number of rotatable bonds is 5. The predicted octanol–water partition coefficient (Wildman–Crippen LogP) is -0.0999. The van der Waals surface area contributed by atoms with Gasteiger partial charge in [-0.15, -0.1) is 0 Å². The van der Waals surface area contributed by atoms with Crippen LogP contribution in [0.15, 0.2) is 12.3 Å². The van der Waals surface area contributed by atoms with Crippen LogP contribution >= 0.6 is 0 Å². The lowest BCUT2D eigenvalue weighted by molar-refractivity contribution is -0.135. The van der Waals surface area contributed by atoms with Crippen molar-refractivity contribution in [3.63, 3.8) is 0 Å². The molecule has 0 aliphatic carbocycles. The summed E-state index contributed by atoms with van der Waals surface area (Å²) in [6, 6.07) is -0.383. The van der Waals surface area contributed by atoms with Crippen LogP contribution in [0.2, 0.25) is 0 Å². The van der Waals surface area contributed by atoms with Gasteiger partial charge in [0.1, 0.15) is 6.04 Å². The van der Waals surface area contributed by atoms with Gasteiger partial charge in [0, 0.05) is 25.4 Å². The van der Waals surface area contributed by atoms with Gasteiger partial charge in [-0.25, -0.2) is 4.79 Å². The fourth-order valence-corrected chi connectivity index (χ4v) is 1.61. The molecule has 0 bridgehead atoms. The zero-order chi connectivity index (χ0) is 13.4. The minimum Gasteiger partial charge on any atom is -0.466 e. The van der Waals surface area contributed by atoms with E-state index in [1.807, 2.05) is 6.92 Å². The maximum Gasteiger partial charge on any atom is 0.331 e. The topological polar surface area (TPSA) is 67.9 Å². The molecule has 6 nitrogen and oxygen atoms in total. The van der Waals surface area contributed by atoms with Crippen molar-refractivity contribution in [1.29, 1.82) is 0 Å². The molecule has 1 unspecified atom stereocenters. The molecule has 6 heteroatoms. The summed E-state index contributed by atoms with van der Waals surface area (Å²) in [5, 5.41) is 2.82. The molecule has 0 aromatic carbocycles. The Morgan fingerprint density at radius 3 is 3.00 bits per heavy atom. The number of amides is 1. The van der Waals surface area contributed by atoms with E-state index in [2.05, 4.69) is 10.1 Å². The number of hydrogen-bond donors (Lipinski definition) is 1. The minimum absolute atomic E-state index is 0.0777. The van der Waals surface area contributed by atoms with Gasteiger partial charge in [0.2, 0.25) is 5.91 Å². The van der Waals surface area contributed by atoms with Crippen molar-refractivity contribution in [2.45, 2.75) is 19.4 Å². The average molecular weight is 256 g/mol. The monoisotopic (exact) mass is 256 g/mol. The Morgan fingerprint density at radius 2 is 2.33 bits per heavy atom. The van der Waals surface area contributed by atoms with Crippen LogP contribution < -0.4 is 5.32 Å². The van der Waals surface area contributed by atoms with E-state index in [9.17, 15) is 9.59 Å². The molecule has 1 atom stereocenters. The molecule has 0 radical (unpaired) electrons. The highest BCUT2D eigenvalue weighted by molar-refractivity contribution is 5.83. The largest absolute Gasteiger partial charge is 0.466 e. The summed E-state index contributed by atoms with van der Waals surface area (Å²) in [5.41, 5.74) is 0. The normalized spacial score (nSPS) is 19.9. The number of nitrogens with one attached hydrogen (secondary N) is 1. The maximum atomic E-state index is 11.9. The lowest BCUT2D eigenvalue weighted by Gasteiger charge is -2.33. The van der Waals surface area contributed by atoms with Crippen molar-refractivity contribution in [2.24, 2.45) is 0 Å². The second-order valence-corrected chi connectivity index (χ2v) is 3.96. The highest BCUT2D eigenvalue weighted by Gasteiger charge is 2.26. The lowest BCUT2D eigenvalue weighted by Crippen LogP contribution is -2.51. The Balaban J connectivity index is 2.59. The molecule has 1 rings (SSSR count). The van der Waals surface area contributed by atoms with Crippen LogP contribution in [0.4, 0.5) is 0 Å². The van der Waals surface area contributed by atoms with Crippen molar-refractivity contribution in [1.82, 2.24) is 10.2 Å². The van der Waals surface area contributed by atoms with Crippen LogP contribution in [0, 0.1) is 0 Å². The van der Waals surface area contributed by atoms with E-state index in [-0.39, 0.29) is 11.9 Å². The van der Waals surface area contributed by atoms with Gasteiger partial charge >= 0.3 is 5.97 Å². The number of ether oxygens (including phenoxy) is 2. The number of carbonyl (C=O) groups is 2. The highest BCUT2D eigenvalue weighted by Crippen LogP contribution is 2.08. The number of morpholine rings is 1. The van der Waals surface area contributed by atoms with Crippen LogP contribution in [0.3, 0.4) is 0 Å². The smallest absolute Gasteiger partial charge is 0.331 e. The quantitative estimate of drug-likeness (QED) is 0.549. The molecule has 102 valence electrons. The second kappa shape index (κ2) is 7.71. The Morgan fingerprint density at radius 1 is 1.56 bits per heavy atom. The molecule has 1 fully saturated rings. The number of hydrogen-bond acceptors (Lipinski definition) is 5. The molecular weight excluding hydrogens is 236 g/mol. The van der Waals surface area contributed by atoms with Gasteiger partial charge in [-0.1, -0.05) is 6.92 Å². The fourth-order valence-electron chi connectivity index (χ4n) is 1.61. The fraction of sp³-hybridized carbons (Fsp3) is 0.667. The van der Waals surface area contributed by atoms with Crippen molar-refractivity contribution in [2.75, 3.05) is 33.4 Å². The Bertz CT molecular complexity index is 317. The van der Waals surface area contributed by atoms with Gasteiger partial charge < -0.3 is 19.7 Å². The van der Waals surface area contributed by atoms with E-state index in [0.717, 1.165) is 6.42 Å². The van der Waals surface area contributed by atoms with Crippen LogP contribution in [0.5, 0.6) is 0 Å². The highest BCUT2D eigenvalue weighted by atomic mass is 16.5. The Hall–Kier alpha value is -1.56. The first-order chi connectivity index (χ1) is 8.69. The van der Waals surface area contributed by atoms with E-state index < -0.39 is 5.97 Å². The lowest BCUT2D eigenvalue weighted by atomic mass is 10.2. The number of carbonyl (C=O) groups excluding carboxylic acids is 2. The summed E-state index contributed by atoms with van der Waals surface area (Å²) in [4.78, 5) is 24.7. The van der Waals surface area contributed by atoms with Gasteiger partial charge in [-0.2, -0.15) is 0 Å². The predicted molar refractivity (Wildman–Crippen MR) is 65.8 cm³/mol. The van der Waals surface area contributed by atoms with E-state index in [0.29, 0.717) is 26.3 Å². The third kappa shape index (κ3) is 4.37. The van der Waals surface area contributed by atoms with Crippen molar-refractivity contribution < 1.29 is 19.1 Å². The molecule has 1 saturated heterocycles. The standard InChI is InChI=1S/C12H20N2O4/c1-3-5-13-12(16)10-9-18-8-7-14(10)6-4-11(15)17-2/h4,6,10H,3,5,7-9H2,1-2H3,(H,13,16)/b6-4+. The maximum absolute atomic E-state index is 11.9. The van der Waals surface area contributed by atoms with Crippen LogP contribution in [-0.2, 0) is 19.1 Å². The first kappa shape index (κ1) is 14.5. The Labute approximate surface area is 107 Å². The summed E-state index contributed by atoms with van der Waals surface area (Å²) in [6.07, 6.45) is 3.79. The van der Waals surface area contributed by atoms with E-state index >= 15 is 0 Å². The third-order valence-corrected chi connectivity index (χ3v) is 2.63. The molecule has 0 aromatic heterocycles. The molecule has 1 amide bonds. The number of nitrogens with zero attached hydrogens (tertiary/aromatic N) is 1. The zero-order valence-electron chi connectivity index (χ0n) is 10.8. The molecule has 0 aromatic rings. The van der Waals surface area contributed by atoms with Gasteiger partial charge in [0.05, 0.1) is 20.3 Å². The van der Waals surface area contributed by atoms with Crippen LogP contribution in [0.25, 0.3) is 0 Å². The number of esters is 1. The SMILES string of the molecule is CCCNC(=O)C1COCCN1/C=C/C(=O)OC. The molecular formula is C12H20N2O4. The van der Waals surface area contributed by atoms with Crippen LogP contribution in [0.1, 0.15) is 13.3 Å². The van der Waals surface area contributed by atoms with E-state index in [1.165, 1.54) is 13.2 Å². The molecule has 1 heterocycles. The first-order valence-electron chi connectivity index (χ1n) is 6.06. The van der Waals surface area contributed by atoms with Gasteiger partial charge in [0.25, 0.3) is 0 Å². The molecule has 0 spiro atoms. The van der Waals surface area contributed by atoms with Crippen LogP contribution in [-0.4, -0.2) is 56.2 Å². The molecule has 1 aliphatic rings. The van der Waals surface area contributed by atoms with Crippen molar-refractivity contribution in [3.05, 3.63) is 12.3 Å². The molecule has 1 aliphatic heterocycles. The average Bonchev–Trinajstić information content (AvgIpc) is 2.42. The van der Waals surface area contributed by atoms with Gasteiger partial charge in [0.15, 0.2) is 0 Å². The Kier molecular flexibility index (Phi) is 6.21. The summed E-state index contributed by atoms with van der Waals surface area (Å²) in [5.74, 6) is -0.514. The second-order valence-electron chi connectivity index (χ2n) is 3.96. The summed E-state index contributed by atoms with van der Waals surface area (Å²) >= 11 is 0. The first-order valence-corrected chi connectivity index (χ1v) is 6.06. The zero-order valence-corrected chi connectivity index (χ0v) is 10.8. The van der Waals surface area contributed by atoms with E-state index in [4.69, 9.17) is 4.74 Å². The summed E-state index contributed by atoms with van der Waals surface area (Å²) in [6.45, 7) is 4.10. The van der Waals surface area contributed by atoms with Gasteiger partial charge in [-0.3, -0.25) is 4.79 Å². The molecule has 1 N–H and O–H groups in total. The van der Waals surface area contributed by atoms with Crippen molar-refractivity contribution in [3.8, 4) is 0 Å². The molecule has 18 heavy (non-hydrogen) atoms. The number of methoxy groups -OCH3 is 1. The van der Waals surface area contributed by atoms with Gasteiger partial charge in [-0.05, 0) is 6.42 Å². The minimum atomic E-state index is -0.436. The molecule has 0 saturated carbocycles. The van der Waals surface area contributed by atoms with Crippen molar-refractivity contribution >= 4 is 11.9 Å². The summed E-state index contributed by atoms with van der Waals surface area (Å²) in [7, 11) is 1.32.